The zero-order chi connectivity index (χ0) is 19.5. The first kappa shape index (κ1) is 25.8. The predicted octanol–water partition coefficient (Wildman–Crippen LogP) is 7.72. The molecule has 0 N–H and O–H groups in total. The number of carbonyl (C=O) groups excluding carboxylic acids is 1. The second kappa shape index (κ2) is 19.5. The van der Waals surface area contributed by atoms with Crippen molar-refractivity contribution in [3.8, 4) is 0 Å². The average Bonchev–Trinajstić information content (AvgIpc) is 2.63. The molecule has 0 fully saturated rings. The number of amides is 1. The van der Waals surface area contributed by atoms with Crippen LogP contribution in [0.1, 0.15) is 124 Å². The van der Waals surface area contributed by atoms with Crippen LogP contribution in [0.2, 0.25) is 0 Å². The molecule has 0 radical (unpaired) electrons. The van der Waals surface area contributed by atoms with Crippen molar-refractivity contribution in [1.82, 2.24) is 4.90 Å². The van der Waals surface area contributed by atoms with Gasteiger partial charge in [-0.25, -0.2) is 0 Å². The molecule has 0 aliphatic rings. The summed E-state index contributed by atoms with van der Waals surface area (Å²) in [7, 11) is 0. The lowest BCUT2D eigenvalue weighted by molar-refractivity contribution is -0.130. The van der Waals surface area contributed by atoms with Gasteiger partial charge in [0.05, 0.1) is 0 Å². The Kier molecular flexibility index (Phi) is 19.3. The molecule has 0 rings (SSSR count). The van der Waals surface area contributed by atoms with E-state index in [9.17, 15) is 4.79 Å². The van der Waals surface area contributed by atoms with E-state index in [-0.39, 0.29) is 5.91 Å². The maximum atomic E-state index is 12.3. The molecule has 3 heteroatoms. The summed E-state index contributed by atoms with van der Waals surface area (Å²) in [5.41, 5.74) is 0. The highest BCUT2D eigenvalue weighted by atomic mass is 35.5. The summed E-state index contributed by atoms with van der Waals surface area (Å²) >= 11 is 6.05. The lowest BCUT2D eigenvalue weighted by Gasteiger charge is -2.24. The highest BCUT2D eigenvalue weighted by molar-refractivity contribution is 6.30. The van der Waals surface area contributed by atoms with Crippen LogP contribution in [-0.2, 0) is 4.79 Å². The van der Waals surface area contributed by atoms with Gasteiger partial charge in [-0.2, -0.15) is 0 Å². The molecule has 0 bridgehead atoms. The minimum absolute atomic E-state index is 0.123. The van der Waals surface area contributed by atoms with Crippen LogP contribution in [0, 0.1) is 0 Å². The Morgan fingerprint density at radius 1 is 0.654 bits per heavy atom. The molecule has 156 valence electrons. The van der Waals surface area contributed by atoms with E-state index in [2.05, 4.69) is 13.8 Å². The normalized spacial score (nSPS) is 12.3. The van der Waals surface area contributed by atoms with Crippen molar-refractivity contribution in [3.63, 3.8) is 0 Å². The molecule has 0 saturated carbocycles. The fourth-order valence-electron chi connectivity index (χ4n) is 3.46. The van der Waals surface area contributed by atoms with Gasteiger partial charge < -0.3 is 4.90 Å². The first-order valence-electron chi connectivity index (χ1n) is 11.6. The summed E-state index contributed by atoms with van der Waals surface area (Å²) in [6, 6.07) is 0. The van der Waals surface area contributed by atoms with Crippen LogP contribution in [0.4, 0.5) is 0 Å². The quantitative estimate of drug-likeness (QED) is 0.164. The number of hydrogen-bond acceptors (Lipinski definition) is 1. The Balaban J connectivity index is 3.80. The first-order valence-corrected chi connectivity index (χ1v) is 12.0. The maximum Gasteiger partial charge on any atom is 0.240 e. The second-order valence-electron chi connectivity index (χ2n) is 7.89. The molecule has 1 atom stereocenters. The van der Waals surface area contributed by atoms with Gasteiger partial charge >= 0.3 is 0 Å². The zero-order valence-electron chi connectivity index (χ0n) is 18.0. The topological polar surface area (TPSA) is 20.3 Å². The molecule has 0 heterocycles. The summed E-state index contributed by atoms with van der Waals surface area (Å²) < 4.78 is 0. The van der Waals surface area contributed by atoms with Gasteiger partial charge in [0.25, 0.3) is 0 Å². The van der Waals surface area contributed by atoms with E-state index in [0.29, 0.717) is 0 Å². The minimum Gasteiger partial charge on any atom is -0.341 e. The number of carbonyl (C=O) groups is 1. The Morgan fingerprint density at radius 2 is 0.962 bits per heavy atom. The van der Waals surface area contributed by atoms with E-state index in [1.54, 1.807) is 6.92 Å². The van der Waals surface area contributed by atoms with Crippen molar-refractivity contribution in [2.45, 2.75) is 129 Å². The van der Waals surface area contributed by atoms with E-state index in [0.717, 1.165) is 25.9 Å². The molecule has 0 aromatic rings. The highest BCUT2D eigenvalue weighted by Gasteiger charge is 2.17. The largest absolute Gasteiger partial charge is 0.341 e. The van der Waals surface area contributed by atoms with Crippen molar-refractivity contribution in [2.24, 2.45) is 0 Å². The van der Waals surface area contributed by atoms with E-state index in [1.165, 1.54) is 89.9 Å². The summed E-state index contributed by atoms with van der Waals surface area (Å²) in [5.74, 6) is 0.123. The lowest BCUT2D eigenvalue weighted by atomic mass is 10.1. The van der Waals surface area contributed by atoms with Gasteiger partial charge in [-0.3, -0.25) is 4.79 Å². The Morgan fingerprint density at radius 3 is 1.27 bits per heavy atom. The third-order valence-corrected chi connectivity index (χ3v) is 5.40. The molecule has 0 spiro atoms. The SMILES string of the molecule is CCCCCCCCCCN(CCCCCCCCCC)C(=O)C(C)Cl. The van der Waals surface area contributed by atoms with Crippen LogP contribution in [0.5, 0.6) is 0 Å². The smallest absolute Gasteiger partial charge is 0.240 e. The Labute approximate surface area is 169 Å². The summed E-state index contributed by atoms with van der Waals surface area (Å²) in [4.78, 5) is 14.3. The molecular weight excluding hydrogens is 342 g/mol. The fraction of sp³-hybridized carbons (Fsp3) is 0.957. The van der Waals surface area contributed by atoms with Gasteiger partial charge in [0.2, 0.25) is 5.91 Å². The number of unbranched alkanes of at least 4 members (excludes halogenated alkanes) is 14. The minimum atomic E-state index is -0.391. The number of halogens is 1. The summed E-state index contributed by atoms with van der Waals surface area (Å²) in [6.07, 6.45) is 20.9. The van der Waals surface area contributed by atoms with Crippen LogP contribution in [0.15, 0.2) is 0 Å². The monoisotopic (exact) mass is 387 g/mol. The maximum absolute atomic E-state index is 12.3. The lowest BCUT2D eigenvalue weighted by Crippen LogP contribution is -2.37. The van der Waals surface area contributed by atoms with E-state index in [1.807, 2.05) is 4.90 Å². The van der Waals surface area contributed by atoms with Crippen molar-refractivity contribution >= 4 is 17.5 Å². The van der Waals surface area contributed by atoms with Gasteiger partial charge in [-0.1, -0.05) is 104 Å². The van der Waals surface area contributed by atoms with Crippen LogP contribution in [0.3, 0.4) is 0 Å². The molecule has 1 amide bonds. The molecule has 0 aliphatic heterocycles. The summed E-state index contributed by atoms with van der Waals surface area (Å²) in [5, 5.41) is -0.391. The van der Waals surface area contributed by atoms with Crippen LogP contribution in [0.25, 0.3) is 0 Å². The van der Waals surface area contributed by atoms with Crippen LogP contribution in [-0.4, -0.2) is 29.3 Å². The standard InChI is InChI=1S/C23H46ClNO/c1-4-6-8-10-12-14-16-18-20-25(23(26)22(3)24)21-19-17-15-13-11-9-7-5-2/h22H,4-21H2,1-3H3. The molecular formula is C23H46ClNO. The Hall–Kier alpha value is -0.240. The molecule has 26 heavy (non-hydrogen) atoms. The molecule has 0 aromatic carbocycles. The molecule has 2 nitrogen and oxygen atoms in total. The third kappa shape index (κ3) is 16.0. The highest BCUT2D eigenvalue weighted by Crippen LogP contribution is 2.12. The number of nitrogens with zero attached hydrogens (tertiary/aromatic N) is 1. The molecule has 0 aliphatic carbocycles. The number of rotatable bonds is 19. The van der Waals surface area contributed by atoms with Gasteiger partial charge in [0.15, 0.2) is 0 Å². The molecule has 0 aromatic heterocycles. The van der Waals surface area contributed by atoms with Crippen molar-refractivity contribution in [3.05, 3.63) is 0 Å². The van der Waals surface area contributed by atoms with Gasteiger partial charge in [-0.15, -0.1) is 11.6 Å². The van der Waals surface area contributed by atoms with E-state index in [4.69, 9.17) is 11.6 Å². The zero-order valence-corrected chi connectivity index (χ0v) is 18.8. The van der Waals surface area contributed by atoms with Crippen LogP contribution >= 0.6 is 11.6 Å². The molecule has 0 saturated heterocycles. The fourth-order valence-corrected chi connectivity index (χ4v) is 3.59. The van der Waals surface area contributed by atoms with Crippen LogP contribution < -0.4 is 0 Å². The average molecular weight is 388 g/mol. The number of alkyl halides is 1. The third-order valence-electron chi connectivity index (χ3n) is 5.22. The first-order chi connectivity index (χ1) is 12.6. The number of hydrogen-bond donors (Lipinski definition) is 0. The molecule has 1 unspecified atom stereocenters. The van der Waals surface area contributed by atoms with Crippen molar-refractivity contribution in [1.29, 1.82) is 0 Å². The summed E-state index contributed by atoms with van der Waals surface area (Å²) in [6.45, 7) is 8.10. The van der Waals surface area contributed by atoms with Crippen molar-refractivity contribution in [2.75, 3.05) is 13.1 Å². The van der Waals surface area contributed by atoms with Gasteiger partial charge in [0.1, 0.15) is 5.38 Å². The predicted molar refractivity (Wildman–Crippen MR) is 117 cm³/mol. The van der Waals surface area contributed by atoms with E-state index < -0.39 is 5.38 Å². The van der Waals surface area contributed by atoms with Gasteiger partial charge in [-0.05, 0) is 19.8 Å². The Bertz CT molecular complexity index is 287. The van der Waals surface area contributed by atoms with Crippen molar-refractivity contribution < 1.29 is 4.79 Å². The van der Waals surface area contributed by atoms with E-state index >= 15 is 0 Å². The second-order valence-corrected chi connectivity index (χ2v) is 8.55. The van der Waals surface area contributed by atoms with Gasteiger partial charge in [0, 0.05) is 13.1 Å².